The minimum atomic E-state index is 0.0948. The van der Waals surface area contributed by atoms with Crippen LogP contribution in [0.3, 0.4) is 0 Å². The second kappa shape index (κ2) is 7.62. The second-order valence-corrected chi connectivity index (χ2v) is 5.97. The number of ether oxygens (including phenoxy) is 1. The normalized spacial score (nSPS) is 17.4. The summed E-state index contributed by atoms with van der Waals surface area (Å²) in [4.78, 5) is 14.0. The standard InChI is InChI=1S/C14H28N2O2/c1-14(2,8-11-18-3)12-15-13(17)16-9-6-4-5-7-10-16/h4-12H2,1-3H3,(H,15,17). The monoisotopic (exact) mass is 256 g/mol. The predicted molar refractivity (Wildman–Crippen MR) is 73.7 cm³/mol. The highest BCUT2D eigenvalue weighted by Crippen LogP contribution is 2.19. The van der Waals surface area contributed by atoms with Gasteiger partial charge in [-0.2, -0.15) is 0 Å². The van der Waals surface area contributed by atoms with Crippen molar-refractivity contribution in [2.75, 3.05) is 33.4 Å². The molecule has 0 aromatic carbocycles. The first kappa shape index (κ1) is 15.3. The topological polar surface area (TPSA) is 41.6 Å². The molecule has 1 fully saturated rings. The van der Waals surface area contributed by atoms with Gasteiger partial charge in [0.05, 0.1) is 0 Å². The van der Waals surface area contributed by atoms with Crippen LogP contribution in [0.15, 0.2) is 0 Å². The van der Waals surface area contributed by atoms with Gasteiger partial charge in [-0.1, -0.05) is 26.7 Å². The van der Waals surface area contributed by atoms with Gasteiger partial charge in [0.25, 0.3) is 0 Å². The number of carbonyl (C=O) groups is 1. The summed E-state index contributed by atoms with van der Waals surface area (Å²) in [5, 5.41) is 3.06. The summed E-state index contributed by atoms with van der Waals surface area (Å²) in [7, 11) is 1.71. The number of likely N-dealkylation sites (tertiary alicyclic amines) is 1. The third kappa shape index (κ3) is 5.71. The lowest BCUT2D eigenvalue weighted by Crippen LogP contribution is -2.44. The van der Waals surface area contributed by atoms with Gasteiger partial charge in [0.1, 0.15) is 0 Å². The van der Waals surface area contributed by atoms with Crippen LogP contribution < -0.4 is 5.32 Å². The highest BCUT2D eigenvalue weighted by Gasteiger charge is 2.21. The molecule has 0 unspecified atom stereocenters. The van der Waals surface area contributed by atoms with Gasteiger partial charge in [0, 0.05) is 33.4 Å². The average Bonchev–Trinajstić information content (AvgIpc) is 2.62. The summed E-state index contributed by atoms with van der Waals surface area (Å²) in [6.45, 7) is 7.59. The Hall–Kier alpha value is -0.770. The van der Waals surface area contributed by atoms with Crippen molar-refractivity contribution in [3.63, 3.8) is 0 Å². The van der Waals surface area contributed by atoms with Crippen LogP contribution >= 0.6 is 0 Å². The molecule has 1 rings (SSSR count). The van der Waals surface area contributed by atoms with Gasteiger partial charge in [-0.05, 0) is 24.7 Å². The Morgan fingerprint density at radius 1 is 1.22 bits per heavy atom. The Labute approximate surface area is 111 Å². The zero-order valence-corrected chi connectivity index (χ0v) is 12.1. The van der Waals surface area contributed by atoms with E-state index in [1.54, 1.807) is 7.11 Å². The maximum Gasteiger partial charge on any atom is 0.317 e. The van der Waals surface area contributed by atoms with E-state index in [-0.39, 0.29) is 11.4 Å². The third-order valence-electron chi connectivity index (χ3n) is 3.59. The van der Waals surface area contributed by atoms with E-state index in [1.165, 1.54) is 12.8 Å². The molecule has 0 aromatic heterocycles. The first-order valence-corrected chi connectivity index (χ1v) is 7.07. The van der Waals surface area contributed by atoms with E-state index in [0.717, 1.165) is 39.0 Å². The lowest BCUT2D eigenvalue weighted by atomic mass is 9.90. The third-order valence-corrected chi connectivity index (χ3v) is 3.59. The zero-order valence-electron chi connectivity index (χ0n) is 12.1. The molecule has 1 N–H and O–H groups in total. The number of carbonyl (C=O) groups excluding carboxylic acids is 1. The van der Waals surface area contributed by atoms with E-state index < -0.39 is 0 Å². The van der Waals surface area contributed by atoms with Crippen molar-refractivity contribution in [3.05, 3.63) is 0 Å². The largest absolute Gasteiger partial charge is 0.385 e. The van der Waals surface area contributed by atoms with Gasteiger partial charge in [-0.25, -0.2) is 4.79 Å². The summed E-state index contributed by atoms with van der Waals surface area (Å²) >= 11 is 0. The molecule has 4 heteroatoms. The first-order valence-electron chi connectivity index (χ1n) is 7.07. The molecule has 0 saturated carbocycles. The molecule has 4 nitrogen and oxygen atoms in total. The molecule has 1 aliphatic rings. The summed E-state index contributed by atoms with van der Waals surface area (Å²) in [5.41, 5.74) is 0.0948. The van der Waals surface area contributed by atoms with Crippen LogP contribution in [0.1, 0.15) is 46.0 Å². The van der Waals surface area contributed by atoms with E-state index in [0.29, 0.717) is 6.54 Å². The number of methoxy groups -OCH3 is 1. The molecule has 0 spiro atoms. The van der Waals surface area contributed by atoms with E-state index in [2.05, 4.69) is 19.2 Å². The van der Waals surface area contributed by atoms with Crippen LogP contribution in [0, 0.1) is 5.41 Å². The van der Waals surface area contributed by atoms with E-state index >= 15 is 0 Å². The van der Waals surface area contributed by atoms with E-state index in [4.69, 9.17) is 4.74 Å². The van der Waals surface area contributed by atoms with Crippen LogP contribution in [0.5, 0.6) is 0 Å². The van der Waals surface area contributed by atoms with Crippen LogP contribution in [0.4, 0.5) is 4.79 Å². The molecule has 0 atom stereocenters. The lowest BCUT2D eigenvalue weighted by molar-refractivity contribution is 0.147. The van der Waals surface area contributed by atoms with Gasteiger partial charge in [-0.15, -0.1) is 0 Å². The Morgan fingerprint density at radius 2 is 1.83 bits per heavy atom. The van der Waals surface area contributed by atoms with Crippen LogP contribution in [-0.4, -0.2) is 44.3 Å². The summed E-state index contributed by atoms with van der Waals surface area (Å²) < 4.78 is 5.09. The van der Waals surface area contributed by atoms with Gasteiger partial charge < -0.3 is 15.0 Å². The quantitative estimate of drug-likeness (QED) is 0.821. The molecule has 0 aliphatic carbocycles. The summed E-state index contributed by atoms with van der Waals surface area (Å²) in [5.74, 6) is 0. The molecule has 0 radical (unpaired) electrons. The minimum absolute atomic E-state index is 0.0948. The number of hydrogen-bond acceptors (Lipinski definition) is 2. The highest BCUT2D eigenvalue weighted by molar-refractivity contribution is 5.74. The maximum absolute atomic E-state index is 12.1. The van der Waals surface area contributed by atoms with Crippen LogP contribution in [0.25, 0.3) is 0 Å². The molecule has 2 amide bonds. The van der Waals surface area contributed by atoms with Crippen molar-refractivity contribution in [3.8, 4) is 0 Å². The van der Waals surface area contributed by atoms with Crippen molar-refractivity contribution < 1.29 is 9.53 Å². The van der Waals surface area contributed by atoms with Crippen LogP contribution in [-0.2, 0) is 4.74 Å². The number of nitrogens with zero attached hydrogens (tertiary/aromatic N) is 1. The van der Waals surface area contributed by atoms with Crippen molar-refractivity contribution in [1.29, 1.82) is 0 Å². The summed E-state index contributed by atoms with van der Waals surface area (Å²) in [6.07, 6.45) is 5.75. The van der Waals surface area contributed by atoms with Gasteiger partial charge in [0.2, 0.25) is 0 Å². The molecule has 106 valence electrons. The van der Waals surface area contributed by atoms with Crippen molar-refractivity contribution in [1.82, 2.24) is 10.2 Å². The number of hydrogen-bond donors (Lipinski definition) is 1. The number of rotatable bonds is 5. The Balaban J connectivity index is 2.30. The average molecular weight is 256 g/mol. The van der Waals surface area contributed by atoms with Gasteiger partial charge >= 0.3 is 6.03 Å². The molecule has 1 heterocycles. The van der Waals surface area contributed by atoms with Crippen molar-refractivity contribution >= 4 is 6.03 Å². The molecule has 18 heavy (non-hydrogen) atoms. The van der Waals surface area contributed by atoms with Crippen LogP contribution in [0.2, 0.25) is 0 Å². The lowest BCUT2D eigenvalue weighted by Gasteiger charge is -2.27. The van der Waals surface area contributed by atoms with E-state index in [9.17, 15) is 4.79 Å². The number of nitrogens with one attached hydrogen (secondary N) is 1. The fourth-order valence-electron chi connectivity index (χ4n) is 2.17. The molecular formula is C14H28N2O2. The smallest absolute Gasteiger partial charge is 0.317 e. The van der Waals surface area contributed by atoms with E-state index in [1.807, 2.05) is 4.90 Å². The number of urea groups is 1. The van der Waals surface area contributed by atoms with Crippen molar-refractivity contribution in [2.24, 2.45) is 5.41 Å². The number of amides is 2. The molecule has 1 aliphatic heterocycles. The molecule has 0 bridgehead atoms. The Morgan fingerprint density at radius 3 is 2.39 bits per heavy atom. The Kier molecular flexibility index (Phi) is 6.47. The van der Waals surface area contributed by atoms with Crippen molar-refractivity contribution in [2.45, 2.75) is 46.0 Å². The SMILES string of the molecule is COCCC(C)(C)CNC(=O)N1CCCCCC1. The first-order chi connectivity index (χ1) is 8.55. The Bertz CT molecular complexity index is 246. The summed E-state index contributed by atoms with van der Waals surface area (Å²) in [6, 6.07) is 0.0994. The zero-order chi connectivity index (χ0) is 13.4. The van der Waals surface area contributed by atoms with Gasteiger partial charge in [0.15, 0.2) is 0 Å². The minimum Gasteiger partial charge on any atom is -0.385 e. The molecule has 0 aromatic rings. The second-order valence-electron chi connectivity index (χ2n) is 5.97. The highest BCUT2D eigenvalue weighted by atomic mass is 16.5. The molecule has 1 saturated heterocycles. The maximum atomic E-state index is 12.1. The van der Waals surface area contributed by atoms with Gasteiger partial charge in [-0.3, -0.25) is 0 Å². The predicted octanol–water partition coefficient (Wildman–Crippen LogP) is 2.63. The fourth-order valence-corrected chi connectivity index (χ4v) is 2.17. The molecular weight excluding hydrogens is 228 g/mol. The fraction of sp³-hybridized carbons (Fsp3) is 0.929.